The van der Waals surface area contributed by atoms with Crippen LogP contribution in [0.2, 0.25) is 0 Å². The van der Waals surface area contributed by atoms with Crippen LogP contribution in [0.25, 0.3) is 0 Å². The number of hydrogen-bond acceptors (Lipinski definition) is 8. The monoisotopic (exact) mass is 423 g/mol. The fraction of sp³-hybridized carbons (Fsp3) is 0.471. The van der Waals surface area contributed by atoms with Gasteiger partial charge in [-0.1, -0.05) is 11.2 Å². The predicted molar refractivity (Wildman–Crippen MR) is 102 cm³/mol. The number of morpholine rings is 1. The molecule has 9 nitrogen and oxygen atoms in total. The van der Waals surface area contributed by atoms with Gasteiger partial charge in [0, 0.05) is 37.1 Å². The van der Waals surface area contributed by atoms with Gasteiger partial charge in [0.25, 0.3) is 5.89 Å². The fourth-order valence-corrected chi connectivity index (χ4v) is 5.38. The van der Waals surface area contributed by atoms with Crippen molar-refractivity contribution in [2.45, 2.75) is 37.8 Å². The van der Waals surface area contributed by atoms with Gasteiger partial charge < -0.3 is 9.26 Å². The lowest BCUT2D eigenvalue weighted by Crippen LogP contribution is -2.42. The first-order valence-electron chi connectivity index (χ1n) is 8.98. The minimum Gasteiger partial charge on any atom is -0.366 e. The third-order valence-electron chi connectivity index (χ3n) is 4.54. The highest BCUT2D eigenvalue weighted by atomic mass is 32.2. The summed E-state index contributed by atoms with van der Waals surface area (Å²) in [6.45, 7) is 4.87. The van der Waals surface area contributed by atoms with Gasteiger partial charge in [-0.2, -0.15) is 14.4 Å². The second-order valence-electron chi connectivity index (χ2n) is 6.46. The molecule has 0 spiro atoms. The van der Waals surface area contributed by atoms with Gasteiger partial charge in [0.1, 0.15) is 4.90 Å². The van der Waals surface area contributed by atoms with E-state index >= 15 is 0 Å². The highest BCUT2D eigenvalue weighted by molar-refractivity contribution is 7.89. The summed E-state index contributed by atoms with van der Waals surface area (Å²) in [7, 11) is -3.68. The van der Waals surface area contributed by atoms with Crippen molar-refractivity contribution in [1.29, 1.82) is 0 Å². The van der Waals surface area contributed by atoms with Crippen molar-refractivity contribution in [3.8, 4) is 0 Å². The number of rotatable bonds is 6. The molecule has 0 aromatic carbocycles. The van der Waals surface area contributed by atoms with Crippen molar-refractivity contribution in [3.63, 3.8) is 0 Å². The van der Waals surface area contributed by atoms with Crippen molar-refractivity contribution in [1.82, 2.24) is 24.2 Å². The summed E-state index contributed by atoms with van der Waals surface area (Å²) < 4.78 is 40.2. The van der Waals surface area contributed by atoms with Crippen molar-refractivity contribution < 1.29 is 17.7 Å². The summed E-state index contributed by atoms with van der Waals surface area (Å²) in [5.74, 6) is 0.855. The van der Waals surface area contributed by atoms with Crippen LogP contribution >= 0.6 is 11.3 Å². The van der Waals surface area contributed by atoms with Crippen LogP contribution in [-0.2, 0) is 27.7 Å². The van der Waals surface area contributed by atoms with Gasteiger partial charge in [0.2, 0.25) is 10.0 Å². The van der Waals surface area contributed by atoms with E-state index in [-0.39, 0.29) is 24.6 Å². The molecule has 1 fully saturated rings. The zero-order valence-corrected chi connectivity index (χ0v) is 17.2. The van der Waals surface area contributed by atoms with Gasteiger partial charge >= 0.3 is 0 Å². The zero-order valence-electron chi connectivity index (χ0n) is 15.6. The summed E-state index contributed by atoms with van der Waals surface area (Å²) in [4.78, 5) is 5.75. The van der Waals surface area contributed by atoms with E-state index in [0.29, 0.717) is 30.4 Å². The Morgan fingerprint density at radius 1 is 1.39 bits per heavy atom. The maximum absolute atomic E-state index is 13.1. The van der Waals surface area contributed by atoms with E-state index in [2.05, 4.69) is 15.2 Å². The first-order valence-corrected chi connectivity index (χ1v) is 11.3. The first kappa shape index (κ1) is 19.2. The quantitative estimate of drug-likeness (QED) is 0.597. The summed E-state index contributed by atoms with van der Waals surface area (Å²) in [5, 5.41) is 10.2. The van der Waals surface area contributed by atoms with Crippen LogP contribution in [-0.4, -0.2) is 52.3 Å². The van der Waals surface area contributed by atoms with Gasteiger partial charge in [-0.05, 0) is 25.3 Å². The Kier molecular flexibility index (Phi) is 5.32. The summed E-state index contributed by atoms with van der Waals surface area (Å²) in [5.41, 5.74) is 0.487. The molecule has 4 rings (SSSR count). The number of aryl methyl sites for hydroxylation is 2. The average Bonchev–Trinajstić information content (AvgIpc) is 3.43. The maximum Gasteiger partial charge on any atom is 0.257 e. The Morgan fingerprint density at radius 2 is 2.25 bits per heavy atom. The number of ether oxygens (including phenoxy) is 1. The molecule has 11 heteroatoms. The Morgan fingerprint density at radius 3 is 2.96 bits per heavy atom. The highest BCUT2D eigenvalue weighted by Crippen LogP contribution is 2.27. The van der Waals surface area contributed by atoms with Gasteiger partial charge in [-0.25, -0.2) is 8.42 Å². The molecule has 28 heavy (non-hydrogen) atoms. The van der Waals surface area contributed by atoms with Crippen molar-refractivity contribution in [2.75, 3.05) is 19.7 Å². The van der Waals surface area contributed by atoms with E-state index in [1.165, 1.54) is 4.31 Å². The minimum absolute atomic E-state index is 0.125. The molecule has 0 amide bonds. The second-order valence-corrected chi connectivity index (χ2v) is 9.40. The van der Waals surface area contributed by atoms with Gasteiger partial charge in [-0.15, -0.1) is 11.3 Å². The standard InChI is InChI=1S/C17H21N5O4S2/c1-3-21-11-15(12(2)19-21)28(23,24)22-6-7-25-14(10-22)17-18-16(20-26-17)9-13-5-4-8-27-13/h4-5,8,11,14H,3,6-7,9-10H2,1-2H3. The molecular weight excluding hydrogens is 402 g/mol. The van der Waals surface area contributed by atoms with E-state index in [9.17, 15) is 8.42 Å². The normalized spacial score (nSPS) is 18.6. The lowest BCUT2D eigenvalue weighted by Gasteiger charge is -2.30. The summed E-state index contributed by atoms with van der Waals surface area (Å²) >= 11 is 1.62. The summed E-state index contributed by atoms with van der Waals surface area (Å²) in [6, 6.07) is 3.97. The van der Waals surface area contributed by atoms with E-state index in [1.807, 2.05) is 24.4 Å². The van der Waals surface area contributed by atoms with Crippen LogP contribution in [0.15, 0.2) is 33.1 Å². The maximum atomic E-state index is 13.1. The molecule has 0 bridgehead atoms. The molecular formula is C17H21N5O4S2. The largest absolute Gasteiger partial charge is 0.366 e. The Balaban J connectivity index is 1.51. The third kappa shape index (κ3) is 3.75. The van der Waals surface area contributed by atoms with Crippen LogP contribution in [0.5, 0.6) is 0 Å². The predicted octanol–water partition coefficient (Wildman–Crippen LogP) is 2.01. The number of thiophene rings is 1. The fourth-order valence-electron chi connectivity index (χ4n) is 3.09. The highest BCUT2D eigenvalue weighted by Gasteiger charge is 2.35. The van der Waals surface area contributed by atoms with E-state index in [1.54, 1.807) is 29.1 Å². The van der Waals surface area contributed by atoms with Gasteiger partial charge in [0.15, 0.2) is 11.9 Å². The van der Waals surface area contributed by atoms with E-state index in [0.717, 1.165) is 4.88 Å². The molecule has 4 heterocycles. The van der Waals surface area contributed by atoms with Crippen LogP contribution in [0, 0.1) is 6.92 Å². The smallest absolute Gasteiger partial charge is 0.257 e. The second kappa shape index (κ2) is 7.74. The molecule has 0 radical (unpaired) electrons. The first-order chi connectivity index (χ1) is 13.5. The molecule has 0 aliphatic carbocycles. The molecule has 0 N–H and O–H groups in total. The van der Waals surface area contributed by atoms with Gasteiger partial charge in [0.05, 0.1) is 12.3 Å². The average molecular weight is 424 g/mol. The Bertz CT molecular complexity index is 1040. The number of hydrogen-bond donors (Lipinski definition) is 0. The van der Waals surface area contributed by atoms with Crippen molar-refractivity contribution >= 4 is 21.4 Å². The molecule has 3 aromatic heterocycles. The Labute approximate surface area is 167 Å². The molecule has 1 unspecified atom stereocenters. The third-order valence-corrected chi connectivity index (χ3v) is 7.39. The van der Waals surface area contributed by atoms with Crippen LogP contribution in [0.3, 0.4) is 0 Å². The van der Waals surface area contributed by atoms with Crippen LogP contribution in [0.1, 0.15) is 35.3 Å². The topological polar surface area (TPSA) is 103 Å². The van der Waals surface area contributed by atoms with Crippen molar-refractivity contribution in [2.24, 2.45) is 0 Å². The minimum atomic E-state index is -3.68. The molecule has 1 atom stereocenters. The number of nitrogens with zero attached hydrogens (tertiary/aromatic N) is 5. The van der Waals surface area contributed by atoms with Crippen molar-refractivity contribution in [3.05, 3.63) is 46.0 Å². The van der Waals surface area contributed by atoms with Crippen LogP contribution < -0.4 is 0 Å². The SMILES string of the molecule is CCn1cc(S(=O)(=O)N2CCOC(c3nc(Cc4cccs4)no3)C2)c(C)n1. The Hall–Kier alpha value is -2.08. The number of aromatic nitrogens is 4. The van der Waals surface area contributed by atoms with E-state index in [4.69, 9.17) is 9.26 Å². The number of sulfonamides is 1. The summed E-state index contributed by atoms with van der Waals surface area (Å²) in [6.07, 6.45) is 1.56. The molecule has 3 aromatic rings. The molecule has 1 aliphatic heterocycles. The van der Waals surface area contributed by atoms with Crippen LogP contribution in [0.4, 0.5) is 0 Å². The lowest BCUT2D eigenvalue weighted by molar-refractivity contribution is -0.0199. The molecule has 0 saturated carbocycles. The van der Waals surface area contributed by atoms with Gasteiger partial charge in [-0.3, -0.25) is 4.68 Å². The van der Waals surface area contributed by atoms with E-state index < -0.39 is 16.1 Å². The molecule has 150 valence electrons. The molecule has 1 aliphatic rings. The lowest BCUT2D eigenvalue weighted by atomic mass is 10.3. The zero-order chi connectivity index (χ0) is 19.7. The molecule has 1 saturated heterocycles.